The van der Waals surface area contributed by atoms with Gasteiger partial charge in [0.25, 0.3) is 0 Å². The van der Waals surface area contributed by atoms with Crippen LogP contribution >= 0.6 is 0 Å². The number of ether oxygens (including phenoxy) is 1. The van der Waals surface area contributed by atoms with Crippen molar-refractivity contribution in [3.63, 3.8) is 0 Å². The van der Waals surface area contributed by atoms with Crippen LogP contribution < -0.4 is 4.74 Å². The minimum atomic E-state index is -4.77. The van der Waals surface area contributed by atoms with E-state index in [0.29, 0.717) is 5.56 Å². The number of rotatable bonds is 5. The Morgan fingerprint density at radius 3 is 2.24 bits per heavy atom. The summed E-state index contributed by atoms with van der Waals surface area (Å²) in [4.78, 5) is 23.6. The average molecular weight is 305 g/mol. The highest BCUT2D eigenvalue weighted by Crippen LogP contribution is 2.22. The number of benzene rings is 1. The summed E-state index contributed by atoms with van der Waals surface area (Å²) < 4.78 is 39.7. The second-order valence-electron chi connectivity index (χ2n) is 4.39. The molecule has 5 nitrogen and oxygen atoms in total. The van der Waals surface area contributed by atoms with Crippen LogP contribution in [0, 0.1) is 0 Å². The van der Waals surface area contributed by atoms with Crippen molar-refractivity contribution in [1.82, 2.24) is 4.90 Å². The number of alkyl halides is 3. The summed E-state index contributed by atoms with van der Waals surface area (Å²) in [6, 6.07) is 3.84. The van der Waals surface area contributed by atoms with E-state index < -0.39 is 24.3 Å². The van der Waals surface area contributed by atoms with Crippen LogP contribution in [-0.2, 0) is 16.0 Å². The van der Waals surface area contributed by atoms with Gasteiger partial charge in [0.15, 0.2) is 0 Å². The summed E-state index contributed by atoms with van der Waals surface area (Å²) in [7, 11) is 1.35. The summed E-state index contributed by atoms with van der Waals surface area (Å²) in [5.41, 5.74) is 0.457. The summed E-state index contributed by atoms with van der Waals surface area (Å²) in [6.07, 6.45) is -4.88. The zero-order valence-electron chi connectivity index (χ0n) is 11.3. The number of hydrogen-bond acceptors (Lipinski definition) is 3. The van der Waals surface area contributed by atoms with Gasteiger partial charge >= 0.3 is 12.3 Å². The first kappa shape index (κ1) is 16.8. The summed E-state index contributed by atoms with van der Waals surface area (Å²) >= 11 is 0. The van der Waals surface area contributed by atoms with Crippen LogP contribution in [0.4, 0.5) is 13.2 Å². The Labute approximate surface area is 118 Å². The molecule has 1 atom stereocenters. The number of likely N-dealkylation sites (N-methyl/N-ethyl adjacent to an activating group) is 1. The zero-order valence-corrected chi connectivity index (χ0v) is 11.3. The van der Waals surface area contributed by atoms with Gasteiger partial charge in [-0.25, -0.2) is 4.79 Å². The monoisotopic (exact) mass is 305 g/mol. The van der Waals surface area contributed by atoms with Gasteiger partial charge in [0, 0.05) is 7.05 Å². The van der Waals surface area contributed by atoms with Crippen molar-refractivity contribution < 1.29 is 32.6 Å². The third-order valence-corrected chi connectivity index (χ3v) is 2.84. The van der Waals surface area contributed by atoms with E-state index in [1.54, 1.807) is 0 Å². The molecule has 116 valence electrons. The van der Waals surface area contributed by atoms with Gasteiger partial charge in [0.2, 0.25) is 5.91 Å². The van der Waals surface area contributed by atoms with E-state index >= 15 is 0 Å². The lowest BCUT2D eigenvalue weighted by Gasteiger charge is -2.21. The first-order chi connectivity index (χ1) is 9.60. The third-order valence-electron chi connectivity index (χ3n) is 2.84. The summed E-state index contributed by atoms with van der Waals surface area (Å²) in [5.74, 6) is -1.97. The van der Waals surface area contributed by atoms with Crippen LogP contribution in [0.15, 0.2) is 24.3 Å². The molecule has 1 aromatic rings. The van der Waals surface area contributed by atoms with Gasteiger partial charge in [-0.3, -0.25) is 4.79 Å². The smallest absolute Gasteiger partial charge is 0.480 e. The second kappa shape index (κ2) is 6.47. The van der Waals surface area contributed by atoms with Gasteiger partial charge in [-0.05, 0) is 24.6 Å². The average Bonchev–Trinajstić information content (AvgIpc) is 2.37. The van der Waals surface area contributed by atoms with Crippen LogP contribution in [0.2, 0.25) is 0 Å². The fraction of sp³-hybridized carbons (Fsp3) is 0.385. The van der Waals surface area contributed by atoms with Crippen LogP contribution in [-0.4, -0.2) is 41.3 Å². The first-order valence-electron chi connectivity index (χ1n) is 5.93. The van der Waals surface area contributed by atoms with Crippen molar-refractivity contribution in [2.45, 2.75) is 25.7 Å². The molecule has 0 radical (unpaired) electrons. The summed E-state index contributed by atoms with van der Waals surface area (Å²) in [6.45, 7) is 1.36. The van der Waals surface area contributed by atoms with E-state index in [2.05, 4.69) is 4.74 Å². The molecule has 0 saturated heterocycles. The van der Waals surface area contributed by atoms with Gasteiger partial charge in [-0.2, -0.15) is 0 Å². The van der Waals surface area contributed by atoms with E-state index in [9.17, 15) is 22.8 Å². The van der Waals surface area contributed by atoms with E-state index in [1.165, 1.54) is 26.1 Å². The van der Waals surface area contributed by atoms with Gasteiger partial charge in [-0.15, -0.1) is 13.2 Å². The predicted octanol–water partition coefficient (Wildman–Crippen LogP) is 2.06. The molecule has 1 aromatic carbocycles. The highest BCUT2D eigenvalue weighted by molar-refractivity contribution is 5.84. The molecule has 0 aliphatic heterocycles. The Balaban J connectivity index is 2.67. The van der Waals surface area contributed by atoms with E-state index in [0.717, 1.165) is 17.0 Å². The normalized spacial score (nSPS) is 12.6. The molecule has 21 heavy (non-hydrogen) atoms. The fourth-order valence-corrected chi connectivity index (χ4v) is 1.49. The lowest BCUT2D eigenvalue weighted by Crippen LogP contribution is -2.41. The van der Waals surface area contributed by atoms with Gasteiger partial charge in [-0.1, -0.05) is 12.1 Å². The molecule has 0 spiro atoms. The van der Waals surface area contributed by atoms with Crippen molar-refractivity contribution >= 4 is 11.9 Å². The van der Waals surface area contributed by atoms with E-state index in [-0.39, 0.29) is 12.2 Å². The highest BCUT2D eigenvalue weighted by atomic mass is 19.4. The molecule has 0 aromatic heterocycles. The Morgan fingerprint density at radius 1 is 1.29 bits per heavy atom. The third kappa shape index (κ3) is 5.33. The topological polar surface area (TPSA) is 66.8 Å². The molecule has 1 rings (SSSR count). The predicted molar refractivity (Wildman–Crippen MR) is 66.7 cm³/mol. The van der Waals surface area contributed by atoms with E-state index in [4.69, 9.17) is 5.11 Å². The molecule has 0 aliphatic carbocycles. The molecule has 0 unspecified atom stereocenters. The second-order valence-corrected chi connectivity index (χ2v) is 4.39. The Morgan fingerprint density at radius 2 is 1.81 bits per heavy atom. The van der Waals surface area contributed by atoms with Crippen LogP contribution in [0.5, 0.6) is 5.75 Å². The number of aliphatic carboxylic acids is 1. The molecule has 8 heteroatoms. The SMILES string of the molecule is C[C@H](C(=O)O)N(C)C(=O)Cc1ccc(OC(F)(F)F)cc1. The van der Waals surface area contributed by atoms with Crippen molar-refractivity contribution in [2.75, 3.05) is 7.05 Å². The Hall–Kier alpha value is -2.25. The van der Waals surface area contributed by atoms with Gasteiger partial charge in [0.05, 0.1) is 6.42 Å². The Kier molecular flexibility index (Phi) is 5.17. The van der Waals surface area contributed by atoms with Crippen LogP contribution in [0.1, 0.15) is 12.5 Å². The van der Waals surface area contributed by atoms with Gasteiger partial charge in [0.1, 0.15) is 11.8 Å². The number of carboxylic acids is 1. The highest BCUT2D eigenvalue weighted by Gasteiger charge is 2.31. The number of hydrogen-bond donors (Lipinski definition) is 1. The molecule has 0 saturated carbocycles. The number of carbonyl (C=O) groups excluding carboxylic acids is 1. The minimum Gasteiger partial charge on any atom is -0.480 e. The number of carboxylic acid groups (broad SMARTS) is 1. The van der Waals surface area contributed by atoms with Crippen molar-refractivity contribution in [3.8, 4) is 5.75 Å². The largest absolute Gasteiger partial charge is 0.573 e. The number of amides is 1. The maximum Gasteiger partial charge on any atom is 0.573 e. The molecule has 0 heterocycles. The van der Waals surface area contributed by atoms with Crippen molar-refractivity contribution in [1.29, 1.82) is 0 Å². The van der Waals surface area contributed by atoms with Crippen molar-refractivity contribution in [2.24, 2.45) is 0 Å². The number of nitrogens with zero attached hydrogens (tertiary/aromatic N) is 1. The van der Waals surface area contributed by atoms with Crippen LogP contribution in [0.25, 0.3) is 0 Å². The minimum absolute atomic E-state index is 0.111. The lowest BCUT2D eigenvalue weighted by atomic mass is 10.1. The maximum absolute atomic E-state index is 12.0. The number of carbonyl (C=O) groups is 2. The molecule has 0 fully saturated rings. The molecule has 0 bridgehead atoms. The van der Waals surface area contributed by atoms with E-state index in [1.807, 2.05) is 0 Å². The summed E-state index contributed by atoms with van der Waals surface area (Å²) in [5, 5.41) is 8.79. The van der Waals surface area contributed by atoms with Gasteiger partial charge < -0.3 is 14.7 Å². The maximum atomic E-state index is 12.0. The Bertz CT molecular complexity index is 513. The standard InChI is InChI=1S/C13H14F3NO4/c1-8(12(19)20)17(2)11(18)7-9-3-5-10(6-4-9)21-13(14,15)16/h3-6,8H,7H2,1-2H3,(H,19,20)/t8-/m1/s1. The zero-order chi connectivity index (χ0) is 16.2. The lowest BCUT2D eigenvalue weighted by molar-refractivity contribution is -0.274. The fourth-order valence-electron chi connectivity index (χ4n) is 1.49. The van der Waals surface area contributed by atoms with Crippen LogP contribution in [0.3, 0.4) is 0 Å². The molecular weight excluding hydrogens is 291 g/mol. The number of halogens is 3. The first-order valence-corrected chi connectivity index (χ1v) is 5.93. The molecule has 1 amide bonds. The van der Waals surface area contributed by atoms with Crippen molar-refractivity contribution in [3.05, 3.63) is 29.8 Å². The quantitative estimate of drug-likeness (QED) is 0.904. The molecular formula is C13H14F3NO4. The molecule has 1 N–H and O–H groups in total. The molecule has 0 aliphatic rings.